The highest BCUT2D eigenvalue weighted by Crippen LogP contribution is 2.33. The molecule has 5 heteroatoms. The number of rotatable bonds is 2. The molecule has 4 nitrogen and oxygen atoms in total. The van der Waals surface area contributed by atoms with Crippen LogP contribution in [0.15, 0.2) is 11.0 Å². The summed E-state index contributed by atoms with van der Waals surface area (Å²) in [5, 5.41) is -0.221. The standard InChI is InChI=1S/C10H16N2O2S/c1-10(2,3)6-7-8(13)12(5-4-11)9(14)15-7/h6H,4-5,11H2,1-3H3. The quantitative estimate of drug-likeness (QED) is 0.729. The van der Waals surface area contributed by atoms with Crippen molar-refractivity contribution < 1.29 is 9.59 Å². The lowest BCUT2D eigenvalue weighted by Gasteiger charge is -2.13. The first-order valence-corrected chi connectivity index (χ1v) is 5.63. The molecule has 1 rings (SSSR count). The smallest absolute Gasteiger partial charge is 0.293 e. The lowest BCUT2D eigenvalue weighted by Crippen LogP contribution is -2.33. The van der Waals surface area contributed by atoms with Crippen LogP contribution in [0.2, 0.25) is 0 Å². The van der Waals surface area contributed by atoms with E-state index in [0.717, 1.165) is 11.8 Å². The van der Waals surface area contributed by atoms with Crippen molar-refractivity contribution in [2.45, 2.75) is 20.8 Å². The molecule has 0 bridgehead atoms. The number of allylic oxidation sites excluding steroid dienone is 1. The molecule has 1 aliphatic rings. The monoisotopic (exact) mass is 228 g/mol. The Bertz CT molecular complexity index is 318. The second kappa shape index (κ2) is 4.37. The average Bonchev–Trinajstić information content (AvgIpc) is 2.30. The van der Waals surface area contributed by atoms with Gasteiger partial charge in [-0.1, -0.05) is 26.8 Å². The zero-order valence-electron chi connectivity index (χ0n) is 9.24. The van der Waals surface area contributed by atoms with Crippen LogP contribution in [0.1, 0.15) is 20.8 Å². The molecule has 0 aromatic heterocycles. The molecular weight excluding hydrogens is 212 g/mol. The van der Waals surface area contributed by atoms with Crippen molar-refractivity contribution in [1.82, 2.24) is 4.90 Å². The van der Waals surface area contributed by atoms with Gasteiger partial charge in [-0.15, -0.1) is 0 Å². The minimum Gasteiger partial charge on any atom is -0.329 e. The highest BCUT2D eigenvalue weighted by atomic mass is 32.2. The molecule has 0 spiro atoms. The van der Waals surface area contributed by atoms with E-state index in [1.54, 1.807) is 0 Å². The van der Waals surface area contributed by atoms with Crippen molar-refractivity contribution in [2.75, 3.05) is 13.1 Å². The Labute approximate surface area is 93.9 Å². The predicted octanol–water partition coefficient (Wildman–Crippen LogP) is 1.57. The van der Waals surface area contributed by atoms with Crippen LogP contribution in [0.3, 0.4) is 0 Å². The number of amides is 2. The summed E-state index contributed by atoms with van der Waals surface area (Å²) in [5.41, 5.74) is 5.23. The van der Waals surface area contributed by atoms with Crippen LogP contribution in [0.25, 0.3) is 0 Å². The predicted molar refractivity (Wildman–Crippen MR) is 61.3 cm³/mol. The maximum Gasteiger partial charge on any atom is 0.293 e. The summed E-state index contributed by atoms with van der Waals surface area (Å²) in [6.07, 6.45) is 1.83. The number of carbonyl (C=O) groups is 2. The first-order chi connectivity index (χ1) is 6.85. The van der Waals surface area contributed by atoms with E-state index in [1.807, 2.05) is 26.8 Å². The molecule has 1 heterocycles. The van der Waals surface area contributed by atoms with Crippen LogP contribution in [0, 0.1) is 5.41 Å². The van der Waals surface area contributed by atoms with Gasteiger partial charge in [-0.2, -0.15) is 0 Å². The van der Waals surface area contributed by atoms with Crippen LogP contribution in [0.5, 0.6) is 0 Å². The van der Waals surface area contributed by atoms with Crippen molar-refractivity contribution in [1.29, 1.82) is 0 Å². The zero-order valence-corrected chi connectivity index (χ0v) is 10.1. The lowest BCUT2D eigenvalue weighted by molar-refractivity contribution is -0.122. The molecule has 2 N–H and O–H groups in total. The van der Waals surface area contributed by atoms with Crippen LogP contribution in [-0.2, 0) is 4.79 Å². The topological polar surface area (TPSA) is 63.4 Å². The number of carbonyl (C=O) groups excluding carboxylic acids is 2. The maximum absolute atomic E-state index is 11.7. The fourth-order valence-corrected chi connectivity index (χ4v) is 2.30. The minimum atomic E-state index is -0.221. The number of thioether (sulfide) groups is 1. The van der Waals surface area contributed by atoms with Gasteiger partial charge in [-0.25, -0.2) is 0 Å². The van der Waals surface area contributed by atoms with Gasteiger partial charge in [0.05, 0.1) is 4.91 Å². The molecule has 0 atom stereocenters. The largest absolute Gasteiger partial charge is 0.329 e. The summed E-state index contributed by atoms with van der Waals surface area (Å²) < 4.78 is 0. The highest BCUT2D eigenvalue weighted by molar-refractivity contribution is 8.18. The van der Waals surface area contributed by atoms with Gasteiger partial charge < -0.3 is 5.73 Å². The normalized spacial score (nSPS) is 20.5. The van der Waals surface area contributed by atoms with E-state index in [9.17, 15) is 9.59 Å². The Kier molecular flexibility index (Phi) is 3.57. The van der Waals surface area contributed by atoms with E-state index in [4.69, 9.17) is 5.73 Å². The molecule has 0 aromatic rings. The molecule has 0 aliphatic carbocycles. The van der Waals surface area contributed by atoms with E-state index >= 15 is 0 Å². The summed E-state index contributed by atoms with van der Waals surface area (Å²) in [6.45, 7) is 6.57. The van der Waals surface area contributed by atoms with Gasteiger partial charge in [-0.05, 0) is 17.2 Å². The van der Waals surface area contributed by atoms with E-state index in [1.165, 1.54) is 4.90 Å². The highest BCUT2D eigenvalue weighted by Gasteiger charge is 2.35. The lowest BCUT2D eigenvalue weighted by atomic mass is 9.96. The third-order valence-corrected chi connectivity index (χ3v) is 2.70. The van der Waals surface area contributed by atoms with Crippen molar-refractivity contribution in [2.24, 2.45) is 11.1 Å². The maximum atomic E-state index is 11.7. The summed E-state index contributed by atoms with van der Waals surface area (Å²) in [4.78, 5) is 24.9. The summed E-state index contributed by atoms with van der Waals surface area (Å²) >= 11 is 0.992. The molecule has 84 valence electrons. The first-order valence-electron chi connectivity index (χ1n) is 4.82. The third-order valence-electron chi connectivity index (χ3n) is 1.79. The van der Waals surface area contributed by atoms with Crippen molar-refractivity contribution >= 4 is 22.9 Å². The van der Waals surface area contributed by atoms with Crippen molar-refractivity contribution in [3.63, 3.8) is 0 Å². The van der Waals surface area contributed by atoms with Crippen LogP contribution in [0.4, 0.5) is 4.79 Å². The molecule has 15 heavy (non-hydrogen) atoms. The number of hydrogen-bond acceptors (Lipinski definition) is 4. The molecule has 0 radical (unpaired) electrons. The number of hydrogen-bond donors (Lipinski definition) is 1. The van der Waals surface area contributed by atoms with Crippen LogP contribution in [-0.4, -0.2) is 29.1 Å². The molecule has 1 aliphatic heterocycles. The van der Waals surface area contributed by atoms with Gasteiger partial charge in [-0.3, -0.25) is 14.5 Å². The number of nitrogens with zero attached hydrogens (tertiary/aromatic N) is 1. The molecule has 0 saturated carbocycles. The SMILES string of the molecule is CC(C)(C)C=C1SC(=O)N(CCN)C1=O. The van der Waals surface area contributed by atoms with E-state index < -0.39 is 0 Å². The number of imide groups is 1. The zero-order chi connectivity index (χ0) is 11.6. The molecule has 2 amide bonds. The van der Waals surface area contributed by atoms with Gasteiger partial charge in [0.2, 0.25) is 0 Å². The van der Waals surface area contributed by atoms with Crippen molar-refractivity contribution in [3.8, 4) is 0 Å². The van der Waals surface area contributed by atoms with E-state index in [2.05, 4.69) is 0 Å². The Hall–Kier alpha value is -0.810. The van der Waals surface area contributed by atoms with Gasteiger partial charge >= 0.3 is 0 Å². The van der Waals surface area contributed by atoms with Gasteiger partial charge in [0.25, 0.3) is 11.1 Å². The van der Waals surface area contributed by atoms with Crippen LogP contribution < -0.4 is 5.73 Å². The fraction of sp³-hybridized carbons (Fsp3) is 0.600. The number of nitrogens with two attached hydrogens (primary N) is 1. The van der Waals surface area contributed by atoms with Gasteiger partial charge in [0.1, 0.15) is 0 Å². The van der Waals surface area contributed by atoms with Gasteiger partial charge in [0, 0.05) is 13.1 Å². The third kappa shape index (κ3) is 3.07. The van der Waals surface area contributed by atoms with Crippen LogP contribution >= 0.6 is 11.8 Å². The molecule has 1 saturated heterocycles. The summed E-state index contributed by atoms with van der Waals surface area (Å²) in [7, 11) is 0. The summed E-state index contributed by atoms with van der Waals surface area (Å²) in [5.74, 6) is -0.217. The van der Waals surface area contributed by atoms with Gasteiger partial charge in [0.15, 0.2) is 0 Å². The van der Waals surface area contributed by atoms with Crippen molar-refractivity contribution in [3.05, 3.63) is 11.0 Å². The summed E-state index contributed by atoms with van der Waals surface area (Å²) in [6, 6.07) is 0. The second-order valence-corrected chi connectivity index (χ2v) is 5.48. The minimum absolute atomic E-state index is 0.100. The first kappa shape index (κ1) is 12.3. The molecule has 1 fully saturated rings. The fourth-order valence-electron chi connectivity index (χ4n) is 1.22. The molecule has 0 unspecified atom stereocenters. The molecule has 0 aromatic carbocycles. The average molecular weight is 228 g/mol. The second-order valence-electron chi connectivity index (χ2n) is 4.49. The Morgan fingerprint density at radius 1 is 1.40 bits per heavy atom. The van der Waals surface area contributed by atoms with E-state index in [0.29, 0.717) is 18.0 Å². The Morgan fingerprint density at radius 3 is 2.47 bits per heavy atom. The van der Waals surface area contributed by atoms with E-state index in [-0.39, 0.29) is 16.6 Å². The Balaban J connectivity index is 2.87. The molecular formula is C10H16N2O2S. The Morgan fingerprint density at radius 2 is 2.00 bits per heavy atom.